The van der Waals surface area contributed by atoms with Gasteiger partial charge in [-0.2, -0.15) is 4.31 Å². The van der Waals surface area contributed by atoms with Crippen LogP contribution >= 0.6 is 27.5 Å². The number of nitrogens with zero attached hydrogens (tertiary/aromatic N) is 1. The van der Waals surface area contributed by atoms with Crippen LogP contribution in [0.3, 0.4) is 0 Å². The number of fused-ring (bicyclic) bond motifs is 2. The van der Waals surface area contributed by atoms with E-state index in [4.69, 9.17) is 11.6 Å². The van der Waals surface area contributed by atoms with Crippen molar-refractivity contribution in [2.75, 3.05) is 13.1 Å². The number of hydrogen-bond acceptors (Lipinski definition) is 3. The predicted octanol–water partition coefficient (Wildman–Crippen LogP) is 2.62. The van der Waals surface area contributed by atoms with Crippen molar-refractivity contribution in [3.63, 3.8) is 0 Å². The van der Waals surface area contributed by atoms with Crippen LogP contribution in [0.5, 0.6) is 0 Å². The fourth-order valence-electron chi connectivity index (χ4n) is 2.92. The maximum absolute atomic E-state index is 12.7. The molecule has 2 aliphatic heterocycles. The Bertz CT molecular complexity index is 623. The lowest BCUT2D eigenvalue weighted by atomic mass is 10.1. The number of rotatable bonds is 2. The molecule has 0 spiro atoms. The van der Waals surface area contributed by atoms with E-state index in [1.807, 2.05) is 0 Å². The SMILES string of the molecule is O=S(=O)(c1ccc(Br)c(Cl)c1)N1CCC2CCC(C1)N2. The first-order chi connectivity index (χ1) is 9.46. The summed E-state index contributed by atoms with van der Waals surface area (Å²) in [5.74, 6) is 0. The molecule has 110 valence electrons. The molecule has 2 aliphatic rings. The maximum Gasteiger partial charge on any atom is 0.243 e. The number of nitrogens with one attached hydrogen (secondary N) is 1. The van der Waals surface area contributed by atoms with Crippen LogP contribution < -0.4 is 5.32 Å². The minimum atomic E-state index is -3.46. The van der Waals surface area contributed by atoms with Crippen LogP contribution in [0.25, 0.3) is 0 Å². The van der Waals surface area contributed by atoms with Crippen molar-refractivity contribution in [2.24, 2.45) is 0 Å². The van der Waals surface area contributed by atoms with Gasteiger partial charge in [0.05, 0.1) is 9.92 Å². The van der Waals surface area contributed by atoms with Crippen LogP contribution in [-0.4, -0.2) is 37.9 Å². The van der Waals surface area contributed by atoms with Gasteiger partial charge in [0, 0.05) is 29.6 Å². The molecule has 1 aromatic rings. The molecule has 7 heteroatoms. The fourth-order valence-corrected chi connectivity index (χ4v) is 4.93. The van der Waals surface area contributed by atoms with Gasteiger partial charge in [0.15, 0.2) is 0 Å². The van der Waals surface area contributed by atoms with Gasteiger partial charge in [0.1, 0.15) is 0 Å². The summed E-state index contributed by atoms with van der Waals surface area (Å²) in [6, 6.07) is 5.54. The quantitative estimate of drug-likeness (QED) is 0.859. The second-order valence-corrected chi connectivity index (χ2v) is 8.56. The van der Waals surface area contributed by atoms with Crippen molar-refractivity contribution >= 4 is 37.6 Å². The fraction of sp³-hybridized carbons (Fsp3) is 0.538. The molecule has 0 aromatic heterocycles. The van der Waals surface area contributed by atoms with Crippen LogP contribution in [0.4, 0.5) is 0 Å². The Morgan fingerprint density at radius 2 is 2.00 bits per heavy atom. The molecular weight excluding hydrogens is 364 g/mol. The topological polar surface area (TPSA) is 49.4 Å². The van der Waals surface area contributed by atoms with E-state index in [-0.39, 0.29) is 10.9 Å². The third kappa shape index (κ3) is 2.76. The molecule has 4 nitrogen and oxygen atoms in total. The lowest BCUT2D eigenvalue weighted by Crippen LogP contribution is -2.39. The number of halogens is 2. The zero-order valence-electron chi connectivity index (χ0n) is 10.9. The first-order valence-corrected chi connectivity index (χ1v) is 9.29. The van der Waals surface area contributed by atoms with Gasteiger partial charge in [0.2, 0.25) is 10.0 Å². The number of hydrogen-bond donors (Lipinski definition) is 1. The zero-order valence-corrected chi connectivity index (χ0v) is 14.0. The van der Waals surface area contributed by atoms with E-state index in [1.54, 1.807) is 16.4 Å². The highest BCUT2D eigenvalue weighted by molar-refractivity contribution is 9.10. The summed E-state index contributed by atoms with van der Waals surface area (Å²) in [5, 5.41) is 3.90. The lowest BCUT2D eigenvalue weighted by molar-refractivity contribution is 0.383. The van der Waals surface area contributed by atoms with Crippen LogP contribution in [0.15, 0.2) is 27.6 Å². The van der Waals surface area contributed by atoms with Gasteiger partial charge in [0.25, 0.3) is 0 Å². The Balaban J connectivity index is 1.89. The zero-order chi connectivity index (χ0) is 14.3. The Labute approximate surface area is 132 Å². The third-order valence-electron chi connectivity index (χ3n) is 4.01. The van der Waals surface area contributed by atoms with Gasteiger partial charge in [-0.15, -0.1) is 0 Å². The molecular formula is C13H16BrClN2O2S. The first-order valence-electron chi connectivity index (χ1n) is 6.68. The van der Waals surface area contributed by atoms with Gasteiger partial charge in [-0.3, -0.25) is 0 Å². The lowest BCUT2D eigenvalue weighted by Gasteiger charge is -2.23. The molecule has 2 bridgehead atoms. The molecule has 0 saturated carbocycles. The van der Waals surface area contributed by atoms with E-state index in [0.717, 1.165) is 19.3 Å². The van der Waals surface area contributed by atoms with E-state index >= 15 is 0 Å². The van der Waals surface area contributed by atoms with E-state index in [9.17, 15) is 8.42 Å². The van der Waals surface area contributed by atoms with E-state index in [0.29, 0.717) is 28.6 Å². The van der Waals surface area contributed by atoms with Gasteiger partial charge < -0.3 is 5.32 Å². The second kappa shape index (κ2) is 5.57. The van der Waals surface area contributed by atoms with E-state index in [1.165, 1.54) is 6.07 Å². The molecule has 2 saturated heterocycles. The molecule has 2 atom stereocenters. The van der Waals surface area contributed by atoms with Crippen LogP contribution in [0.1, 0.15) is 19.3 Å². The van der Waals surface area contributed by atoms with Crippen LogP contribution in [0.2, 0.25) is 5.02 Å². The standard InChI is InChI=1S/C13H16BrClN2O2S/c14-12-4-3-11(7-13(12)15)20(18,19)17-6-5-9-1-2-10(8-17)16-9/h3-4,7,9-10,16H,1-2,5-6,8H2. The molecule has 0 aliphatic carbocycles. The largest absolute Gasteiger partial charge is 0.310 e. The van der Waals surface area contributed by atoms with Crippen molar-refractivity contribution in [2.45, 2.75) is 36.2 Å². The monoisotopic (exact) mass is 378 g/mol. The van der Waals surface area contributed by atoms with Crippen molar-refractivity contribution < 1.29 is 8.42 Å². The summed E-state index contributed by atoms with van der Waals surface area (Å²) < 4.78 is 27.7. The molecule has 3 rings (SSSR count). The second-order valence-electron chi connectivity index (χ2n) is 5.37. The normalized spacial score (nSPS) is 27.5. The number of benzene rings is 1. The Morgan fingerprint density at radius 1 is 1.25 bits per heavy atom. The average molecular weight is 380 g/mol. The van der Waals surface area contributed by atoms with Crippen LogP contribution in [0, 0.1) is 0 Å². The minimum absolute atomic E-state index is 0.267. The summed E-state index contributed by atoms with van der Waals surface area (Å²) in [5.41, 5.74) is 0. The molecule has 0 radical (unpaired) electrons. The van der Waals surface area contributed by atoms with Crippen molar-refractivity contribution in [3.8, 4) is 0 Å². The van der Waals surface area contributed by atoms with Gasteiger partial charge in [-0.05, 0) is 53.4 Å². The van der Waals surface area contributed by atoms with Crippen molar-refractivity contribution in [1.29, 1.82) is 0 Å². The molecule has 2 heterocycles. The van der Waals surface area contributed by atoms with Gasteiger partial charge >= 0.3 is 0 Å². The van der Waals surface area contributed by atoms with Crippen molar-refractivity contribution in [1.82, 2.24) is 9.62 Å². The van der Waals surface area contributed by atoms with Gasteiger partial charge in [-0.25, -0.2) is 8.42 Å². The Kier molecular flexibility index (Phi) is 4.12. The molecule has 1 N–H and O–H groups in total. The molecule has 1 aromatic carbocycles. The minimum Gasteiger partial charge on any atom is -0.310 e. The first kappa shape index (κ1) is 14.8. The molecule has 2 fully saturated rings. The molecule has 2 unspecified atom stereocenters. The highest BCUT2D eigenvalue weighted by Gasteiger charge is 2.34. The number of sulfonamides is 1. The van der Waals surface area contributed by atoms with Gasteiger partial charge in [-0.1, -0.05) is 11.6 Å². The predicted molar refractivity (Wildman–Crippen MR) is 82.5 cm³/mol. The summed E-state index contributed by atoms with van der Waals surface area (Å²) in [4.78, 5) is 0.267. The highest BCUT2D eigenvalue weighted by atomic mass is 79.9. The summed E-state index contributed by atoms with van der Waals surface area (Å²) in [7, 11) is -3.46. The smallest absolute Gasteiger partial charge is 0.243 e. The summed E-state index contributed by atoms with van der Waals surface area (Å²) in [6.45, 7) is 1.12. The van der Waals surface area contributed by atoms with E-state index < -0.39 is 10.0 Å². The highest BCUT2D eigenvalue weighted by Crippen LogP contribution is 2.29. The average Bonchev–Trinajstić information content (AvgIpc) is 2.71. The Hall–Kier alpha value is -0.140. The van der Waals surface area contributed by atoms with E-state index in [2.05, 4.69) is 21.2 Å². The van der Waals surface area contributed by atoms with Crippen molar-refractivity contribution in [3.05, 3.63) is 27.7 Å². The summed E-state index contributed by atoms with van der Waals surface area (Å²) in [6.07, 6.45) is 3.08. The summed E-state index contributed by atoms with van der Waals surface area (Å²) >= 11 is 9.29. The maximum atomic E-state index is 12.7. The third-order valence-corrected chi connectivity index (χ3v) is 7.11. The molecule has 20 heavy (non-hydrogen) atoms. The Morgan fingerprint density at radius 3 is 2.75 bits per heavy atom. The molecule has 0 amide bonds. The van der Waals surface area contributed by atoms with Crippen LogP contribution in [-0.2, 0) is 10.0 Å².